The molecule has 5 aromatic carbocycles. The van der Waals surface area contributed by atoms with Crippen LogP contribution in [0.3, 0.4) is 0 Å². The highest BCUT2D eigenvalue weighted by Gasteiger charge is 2.03. The lowest BCUT2D eigenvalue weighted by Gasteiger charge is -2.12. The lowest BCUT2D eigenvalue weighted by molar-refractivity contribution is 1.16. The lowest BCUT2D eigenvalue weighted by atomic mass is 10.1. The van der Waals surface area contributed by atoms with E-state index in [9.17, 15) is 0 Å². The fraction of sp³-hybridized carbons (Fsp3) is 0. The molecule has 2 heteroatoms. The Kier molecular flexibility index (Phi) is 4.47. The Morgan fingerprint density at radius 1 is 0.438 bits per heavy atom. The van der Waals surface area contributed by atoms with Gasteiger partial charge in [-0.2, -0.15) is 0 Å². The summed E-state index contributed by atoms with van der Waals surface area (Å²) in [6.45, 7) is 0. The molecule has 0 atom stereocenters. The molecular formula is C30H22N2. The van der Waals surface area contributed by atoms with Crippen LogP contribution in [0.4, 0.5) is 0 Å². The molecule has 2 nitrogen and oxygen atoms in total. The highest BCUT2D eigenvalue weighted by molar-refractivity contribution is 6.00. The van der Waals surface area contributed by atoms with E-state index in [-0.39, 0.29) is 0 Å². The zero-order chi connectivity index (χ0) is 21.3. The maximum Gasteiger partial charge on any atom is 0.0467 e. The largest absolute Gasteiger partial charge is 0.355 e. The normalized spacial score (nSPS) is 11.1. The molecule has 0 aliphatic rings. The maximum atomic E-state index is 3.71. The van der Waals surface area contributed by atoms with Crippen molar-refractivity contribution in [3.05, 3.63) is 127 Å². The predicted molar refractivity (Wildman–Crippen MR) is 137 cm³/mol. The monoisotopic (exact) mass is 410 g/mol. The standard InChI is InChI=1S/C30H22N2/c1-2-12-24(13-3-1)32-25-14-8-10-22(20-25)27-16-4-6-18-29(27)31-30-19-7-5-17-28(30)23-11-9-15-26(32)21-23/h1-21,31H. The van der Waals surface area contributed by atoms with Gasteiger partial charge in [-0.1, -0.05) is 78.9 Å². The van der Waals surface area contributed by atoms with Crippen molar-refractivity contribution in [1.29, 1.82) is 0 Å². The third-order valence-electron chi connectivity index (χ3n) is 5.97. The van der Waals surface area contributed by atoms with Gasteiger partial charge in [0.05, 0.1) is 0 Å². The molecule has 1 N–H and O–H groups in total. The second kappa shape index (κ2) is 7.75. The summed E-state index contributed by atoms with van der Waals surface area (Å²) in [6, 6.07) is 45.1. The average molecular weight is 411 g/mol. The quantitative estimate of drug-likeness (QED) is 0.283. The van der Waals surface area contributed by atoms with Gasteiger partial charge < -0.3 is 9.55 Å². The minimum atomic E-state index is 1.10. The number of nitrogens with zero attached hydrogens (tertiary/aromatic N) is 1. The third-order valence-corrected chi connectivity index (χ3v) is 5.97. The predicted octanol–water partition coefficient (Wildman–Crippen LogP) is 8.10. The van der Waals surface area contributed by atoms with Crippen molar-refractivity contribution in [3.63, 3.8) is 0 Å². The van der Waals surface area contributed by atoms with Crippen LogP contribution in [0.15, 0.2) is 127 Å². The molecule has 0 radical (unpaired) electrons. The molecule has 4 bridgehead atoms. The molecule has 6 rings (SSSR count). The Bertz CT molecular complexity index is 1570. The minimum Gasteiger partial charge on any atom is -0.355 e. The van der Waals surface area contributed by atoms with Gasteiger partial charge in [0, 0.05) is 38.5 Å². The average Bonchev–Trinajstić information content (AvgIpc) is 2.86. The molecule has 0 spiro atoms. The molecule has 0 fully saturated rings. The van der Waals surface area contributed by atoms with Crippen LogP contribution < -0.4 is 0 Å². The van der Waals surface area contributed by atoms with E-state index in [4.69, 9.17) is 0 Å². The van der Waals surface area contributed by atoms with Crippen molar-refractivity contribution >= 4 is 43.6 Å². The van der Waals surface area contributed by atoms with Crippen LogP contribution in [0.5, 0.6) is 0 Å². The Balaban J connectivity index is 1.94. The van der Waals surface area contributed by atoms with Crippen LogP contribution in [-0.4, -0.2) is 9.55 Å². The van der Waals surface area contributed by atoms with Gasteiger partial charge in [0.1, 0.15) is 0 Å². The summed E-state index contributed by atoms with van der Waals surface area (Å²) >= 11 is 0. The number of nitrogens with one attached hydrogen (secondary N) is 1. The molecule has 0 saturated carbocycles. The van der Waals surface area contributed by atoms with Crippen molar-refractivity contribution in [3.8, 4) is 5.69 Å². The topological polar surface area (TPSA) is 20.7 Å². The van der Waals surface area contributed by atoms with E-state index in [2.05, 4.69) is 137 Å². The summed E-state index contributed by atoms with van der Waals surface area (Å²) in [5, 5.41) is 4.73. The zero-order valence-corrected chi connectivity index (χ0v) is 17.6. The number of aromatic nitrogens is 2. The van der Waals surface area contributed by atoms with Gasteiger partial charge in [0.2, 0.25) is 0 Å². The van der Waals surface area contributed by atoms with Gasteiger partial charge >= 0.3 is 0 Å². The molecule has 152 valence electrons. The van der Waals surface area contributed by atoms with Crippen molar-refractivity contribution in [1.82, 2.24) is 9.55 Å². The van der Waals surface area contributed by atoms with Crippen LogP contribution in [-0.2, 0) is 0 Å². The fourth-order valence-electron chi connectivity index (χ4n) is 4.48. The highest BCUT2D eigenvalue weighted by Crippen LogP contribution is 2.25. The first-order chi connectivity index (χ1) is 15.9. The number of hydrogen-bond acceptors (Lipinski definition) is 0. The molecule has 1 aromatic heterocycles. The second-order valence-electron chi connectivity index (χ2n) is 7.99. The van der Waals surface area contributed by atoms with Gasteiger partial charge in [-0.25, -0.2) is 0 Å². The molecule has 0 unspecified atom stereocenters. The maximum absolute atomic E-state index is 3.71. The second-order valence-corrected chi connectivity index (χ2v) is 7.99. The van der Waals surface area contributed by atoms with Gasteiger partial charge in [-0.05, 0) is 59.3 Å². The number of aromatic amines is 1. The summed E-state index contributed by atoms with van der Waals surface area (Å²) < 4.78 is 2.33. The third kappa shape index (κ3) is 3.23. The van der Waals surface area contributed by atoms with E-state index in [1.54, 1.807) is 0 Å². The molecule has 6 aromatic rings. The molecule has 0 aliphatic carbocycles. The molecule has 1 heterocycles. The van der Waals surface area contributed by atoms with Crippen molar-refractivity contribution in [2.45, 2.75) is 0 Å². The summed E-state index contributed by atoms with van der Waals surface area (Å²) in [5.41, 5.74) is 5.60. The van der Waals surface area contributed by atoms with Crippen LogP contribution >= 0.6 is 0 Å². The van der Waals surface area contributed by atoms with Gasteiger partial charge in [-0.15, -0.1) is 0 Å². The van der Waals surface area contributed by atoms with Gasteiger partial charge in [0.25, 0.3) is 0 Å². The van der Waals surface area contributed by atoms with Crippen molar-refractivity contribution < 1.29 is 0 Å². The summed E-state index contributed by atoms with van der Waals surface area (Å²) in [5.74, 6) is 0. The minimum absolute atomic E-state index is 1.10. The summed E-state index contributed by atoms with van der Waals surface area (Å²) in [6.07, 6.45) is 0. The van der Waals surface area contributed by atoms with E-state index >= 15 is 0 Å². The number of para-hydroxylation sites is 3. The first-order valence-electron chi connectivity index (χ1n) is 10.9. The number of hydrogen-bond donors (Lipinski definition) is 1. The zero-order valence-electron chi connectivity index (χ0n) is 17.6. The number of H-pyrrole nitrogens is 1. The van der Waals surface area contributed by atoms with Gasteiger partial charge in [0.15, 0.2) is 0 Å². The molecule has 0 saturated heterocycles. The fourth-order valence-corrected chi connectivity index (χ4v) is 4.48. The smallest absolute Gasteiger partial charge is 0.0467 e. The molecule has 0 amide bonds. The number of benzene rings is 5. The van der Waals surface area contributed by atoms with Crippen LogP contribution in [0.1, 0.15) is 0 Å². The molecule has 32 heavy (non-hydrogen) atoms. The number of fused-ring (bicyclic) bond motifs is 8. The first kappa shape index (κ1) is 18.5. The van der Waals surface area contributed by atoms with Crippen LogP contribution in [0.25, 0.3) is 49.3 Å². The van der Waals surface area contributed by atoms with Crippen molar-refractivity contribution in [2.75, 3.05) is 0 Å². The summed E-state index contributed by atoms with van der Waals surface area (Å²) in [4.78, 5) is 3.71. The lowest BCUT2D eigenvalue weighted by Crippen LogP contribution is -1.96. The molecule has 0 aliphatic heterocycles. The van der Waals surface area contributed by atoms with Crippen LogP contribution in [0.2, 0.25) is 0 Å². The Hall–Kier alpha value is -4.30. The summed E-state index contributed by atoms with van der Waals surface area (Å²) in [7, 11) is 0. The van der Waals surface area contributed by atoms with Crippen LogP contribution in [0, 0.1) is 0 Å². The van der Waals surface area contributed by atoms with Crippen molar-refractivity contribution in [2.24, 2.45) is 0 Å². The van der Waals surface area contributed by atoms with E-state index in [1.807, 2.05) is 0 Å². The Morgan fingerprint density at radius 3 is 1.50 bits per heavy atom. The van der Waals surface area contributed by atoms with E-state index < -0.39 is 0 Å². The van der Waals surface area contributed by atoms with Gasteiger partial charge in [-0.3, -0.25) is 0 Å². The SMILES string of the molecule is c1ccc(-n2c3cccc(c3)c3ccccc3[nH]c3ccccc3c3cccc2c3)cc1. The van der Waals surface area contributed by atoms with E-state index in [1.165, 1.54) is 21.5 Å². The van der Waals surface area contributed by atoms with E-state index in [0.717, 1.165) is 27.8 Å². The first-order valence-corrected chi connectivity index (χ1v) is 10.9. The highest BCUT2D eigenvalue weighted by atomic mass is 15.0. The Morgan fingerprint density at radius 2 is 0.938 bits per heavy atom. The molecular weight excluding hydrogens is 388 g/mol. The number of rotatable bonds is 1. The van der Waals surface area contributed by atoms with E-state index in [0.29, 0.717) is 0 Å². The Labute approximate surface area is 186 Å².